The Balaban J connectivity index is 4.20. The van der Waals surface area contributed by atoms with Crippen molar-refractivity contribution in [2.45, 2.75) is 110 Å². The lowest BCUT2D eigenvalue weighted by atomic mass is 9.90. The summed E-state index contributed by atoms with van der Waals surface area (Å²) in [6.45, 7) is 5.38. The lowest BCUT2D eigenvalue weighted by Crippen LogP contribution is -2.20. The number of carbonyl (C=O) groups excluding carboxylic acids is 3. The first kappa shape index (κ1) is 27.6. The number of rotatable bonds is 19. The summed E-state index contributed by atoms with van der Waals surface area (Å²) in [5, 5.41) is 9.26. The summed E-state index contributed by atoms with van der Waals surface area (Å²) in [5.41, 5.74) is 0. The first-order chi connectivity index (χ1) is 13.9. The summed E-state index contributed by atoms with van der Waals surface area (Å²) < 4.78 is 10.3. The van der Waals surface area contributed by atoms with Gasteiger partial charge in [0.2, 0.25) is 0 Å². The van der Waals surface area contributed by atoms with Crippen molar-refractivity contribution in [2.75, 3.05) is 13.2 Å². The molecule has 0 aromatic rings. The van der Waals surface area contributed by atoms with Gasteiger partial charge in [0.05, 0.1) is 6.61 Å². The van der Waals surface area contributed by atoms with Gasteiger partial charge in [0.1, 0.15) is 12.7 Å². The first-order valence-corrected chi connectivity index (χ1v) is 11.4. The van der Waals surface area contributed by atoms with Gasteiger partial charge < -0.3 is 14.6 Å². The smallest absolute Gasteiger partial charge is 0.305 e. The van der Waals surface area contributed by atoms with E-state index in [0.29, 0.717) is 19.4 Å². The molecule has 0 aromatic heterocycles. The highest BCUT2D eigenvalue weighted by molar-refractivity contribution is 5.81. The van der Waals surface area contributed by atoms with Crippen LogP contribution in [0.2, 0.25) is 0 Å². The summed E-state index contributed by atoms with van der Waals surface area (Å²) in [4.78, 5) is 34.7. The molecule has 0 aromatic carbocycles. The van der Waals surface area contributed by atoms with E-state index in [0.717, 1.165) is 70.6 Å². The molecule has 6 heteroatoms. The highest BCUT2D eigenvalue weighted by atomic mass is 16.5. The van der Waals surface area contributed by atoms with Gasteiger partial charge in [-0.2, -0.15) is 0 Å². The van der Waals surface area contributed by atoms with Gasteiger partial charge >= 0.3 is 11.9 Å². The Kier molecular flexibility index (Phi) is 17.7. The summed E-state index contributed by atoms with van der Waals surface area (Å²) in [6.07, 6.45) is 11.2. The van der Waals surface area contributed by atoms with Crippen LogP contribution >= 0.6 is 0 Å². The van der Waals surface area contributed by atoms with Gasteiger partial charge in [0, 0.05) is 19.3 Å². The Labute approximate surface area is 176 Å². The second-order valence-corrected chi connectivity index (χ2v) is 7.74. The minimum atomic E-state index is -0.419. The van der Waals surface area contributed by atoms with E-state index in [1.54, 1.807) is 6.92 Å². The summed E-state index contributed by atoms with van der Waals surface area (Å²) in [5.74, 6) is -0.648. The zero-order valence-electron chi connectivity index (χ0n) is 18.7. The van der Waals surface area contributed by atoms with E-state index in [1.807, 2.05) is 0 Å². The molecule has 170 valence electrons. The summed E-state index contributed by atoms with van der Waals surface area (Å²) in [7, 11) is 0. The second kappa shape index (κ2) is 18.6. The number of hydrogen-bond donors (Lipinski definition) is 1. The van der Waals surface area contributed by atoms with E-state index < -0.39 is 6.61 Å². The molecule has 2 atom stereocenters. The van der Waals surface area contributed by atoms with Crippen molar-refractivity contribution in [3.05, 3.63) is 0 Å². The number of Topliss-reactive ketones (excluding diaryl/α,β-unsaturated/α-hetero) is 1. The quantitative estimate of drug-likeness (QED) is 0.242. The van der Waals surface area contributed by atoms with E-state index in [4.69, 9.17) is 9.47 Å². The lowest BCUT2D eigenvalue weighted by Gasteiger charge is -2.19. The first-order valence-electron chi connectivity index (χ1n) is 11.4. The third-order valence-corrected chi connectivity index (χ3v) is 5.14. The highest BCUT2D eigenvalue weighted by Crippen LogP contribution is 2.21. The number of unbranched alkanes of at least 4 members (excludes halogenated alkanes) is 5. The molecular formula is C23H42O6. The molecular weight excluding hydrogens is 372 g/mol. The van der Waals surface area contributed by atoms with Crippen molar-refractivity contribution < 1.29 is 29.0 Å². The van der Waals surface area contributed by atoms with Crippen LogP contribution in [0.15, 0.2) is 0 Å². The third-order valence-electron chi connectivity index (χ3n) is 5.14. The minimum Gasteiger partial charge on any atom is -0.466 e. The van der Waals surface area contributed by atoms with Crippen molar-refractivity contribution in [1.29, 1.82) is 0 Å². The van der Waals surface area contributed by atoms with Crippen LogP contribution in [0.4, 0.5) is 0 Å². The van der Waals surface area contributed by atoms with Gasteiger partial charge in [-0.05, 0) is 51.9 Å². The summed E-state index contributed by atoms with van der Waals surface area (Å²) >= 11 is 0. The Morgan fingerprint density at radius 1 is 0.828 bits per heavy atom. The van der Waals surface area contributed by atoms with Crippen molar-refractivity contribution in [3.8, 4) is 0 Å². The molecule has 0 fully saturated rings. The van der Waals surface area contributed by atoms with Gasteiger partial charge in [-0.15, -0.1) is 0 Å². The van der Waals surface area contributed by atoms with E-state index in [2.05, 4.69) is 6.92 Å². The van der Waals surface area contributed by atoms with Crippen LogP contribution in [-0.2, 0) is 23.9 Å². The third kappa shape index (κ3) is 16.1. The van der Waals surface area contributed by atoms with Crippen molar-refractivity contribution in [1.82, 2.24) is 0 Å². The van der Waals surface area contributed by atoms with Gasteiger partial charge in [-0.1, -0.05) is 39.0 Å². The molecule has 6 nitrogen and oxygen atoms in total. The molecule has 0 bridgehead atoms. The van der Waals surface area contributed by atoms with Crippen LogP contribution in [0.3, 0.4) is 0 Å². The second-order valence-electron chi connectivity index (χ2n) is 7.74. The predicted octanol–water partition coefficient (Wildman–Crippen LogP) is 4.75. The Morgan fingerprint density at radius 3 is 2.07 bits per heavy atom. The van der Waals surface area contributed by atoms with E-state index >= 15 is 0 Å². The van der Waals surface area contributed by atoms with Crippen molar-refractivity contribution >= 4 is 17.7 Å². The average Bonchev–Trinajstić information content (AvgIpc) is 2.68. The van der Waals surface area contributed by atoms with Crippen molar-refractivity contribution in [2.24, 2.45) is 5.92 Å². The molecule has 29 heavy (non-hydrogen) atoms. The average molecular weight is 415 g/mol. The normalized spacial score (nSPS) is 13.0. The number of hydrogen-bond acceptors (Lipinski definition) is 6. The predicted molar refractivity (Wildman–Crippen MR) is 113 cm³/mol. The highest BCUT2D eigenvalue weighted by Gasteiger charge is 2.19. The molecule has 0 saturated carbocycles. The number of aliphatic hydroxyl groups excluding tert-OH is 1. The monoisotopic (exact) mass is 414 g/mol. The fraction of sp³-hybridized carbons (Fsp3) is 0.870. The Morgan fingerprint density at radius 2 is 1.45 bits per heavy atom. The number of ether oxygens (including phenoxy) is 2. The number of carbonyl (C=O) groups is 3. The van der Waals surface area contributed by atoms with Gasteiger partial charge in [0.15, 0.2) is 5.78 Å². The van der Waals surface area contributed by atoms with Gasteiger partial charge in [-0.25, -0.2) is 0 Å². The molecule has 0 rings (SSSR count). The maximum Gasteiger partial charge on any atom is 0.305 e. The zero-order chi connectivity index (χ0) is 21.9. The molecule has 0 aliphatic carbocycles. The zero-order valence-corrected chi connectivity index (χ0v) is 18.7. The maximum atomic E-state index is 12.1. The largest absolute Gasteiger partial charge is 0.466 e. The van der Waals surface area contributed by atoms with Crippen LogP contribution in [0.1, 0.15) is 104 Å². The van der Waals surface area contributed by atoms with Gasteiger partial charge in [0.25, 0.3) is 0 Å². The number of ketones is 1. The topological polar surface area (TPSA) is 89.9 Å². The van der Waals surface area contributed by atoms with Crippen LogP contribution in [-0.4, -0.2) is 42.1 Å². The van der Waals surface area contributed by atoms with E-state index in [9.17, 15) is 19.5 Å². The molecule has 0 amide bonds. The Bertz CT molecular complexity index is 449. The van der Waals surface area contributed by atoms with Crippen LogP contribution in [0.25, 0.3) is 0 Å². The Hall–Kier alpha value is -1.43. The fourth-order valence-corrected chi connectivity index (χ4v) is 3.55. The van der Waals surface area contributed by atoms with E-state index in [-0.39, 0.29) is 29.7 Å². The molecule has 0 spiro atoms. The molecule has 0 aliphatic rings. The molecule has 0 radical (unpaired) electrons. The summed E-state index contributed by atoms with van der Waals surface area (Å²) in [6, 6.07) is 0. The molecule has 0 aliphatic heterocycles. The molecule has 1 N–H and O–H groups in total. The van der Waals surface area contributed by atoms with Crippen molar-refractivity contribution in [3.63, 3.8) is 0 Å². The fourth-order valence-electron chi connectivity index (χ4n) is 3.55. The van der Waals surface area contributed by atoms with Crippen LogP contribution in [0, 0.1) is 5.92 Å². The number of esters is 2. The molecule has 0 saturated heterocycles. The maximum absolute atomic E-state index is 12.1. The molecule has 2 unspecified atom stereocenters. The minimum absolute atomic E-state index is 0.0770. The molecule has 0 heterocycles. The lowest BCUT2D eigenvalue weighted by molar-refractivity contribution is -0.147. The van der Waals surface area contributed by atoms with Gasteiger partial charge in [-0.3, -0.25) is 14.4 Å². The SMILES string of the molecule is CCCCCC(CCCC(CCCCCCC(=O)OCC)C(=O)CO)OC(C)=O. The van der Waals surface area contributed by atoms with E-state index in [1.165, 1.54) is 6.92 Å². The number of aliphatic hydroxyl groups is 1. The van der Waals surface area contributed by atoms with Crippen LogP contribution in [0.5, 0.6) is 0 Å². The standard InChI is InChI=1S/C23H42O6/c1-4-6-9-15-21(29-19(3)25)16-12-14-20(22(26)18-24)13-10-7-8-11-17-23(27)28-5-2/h20-21,24H,4-18H2,1-3H3. The van der Waals surface area contributed by atoms with Crippen LogP contribution < -0.4 is 0 Å².